The zero-order valence-electron chi connectivity index (χ0n) is 18.2. The summed E-state index contributed by atoms with van der Waals surface area (Å²) in [7, 11) is -2.02. The Labute approximate surface area is 191 Å². The van der Waals surface area contributed by atoms with Gasteiger partial charge in [-0.1, -0.05) is 0 Å². The fourth-order valence-corrected chi connectivity index (χ4v) is 4.20. The van der Waals surface area contributed by atoms with E-state index in [0.717, 1.165) is 11.3 Å². The quantitative estimate of drug-likeness (QED) is 0.468. The first kappa shape index (κ1) is 23.6. The van der Waals surface area contributed by atoms with Crippen molar-refractivity contribution in [3.8, 4) is 22.1 Å². The smallest absolute Gasteiger partial charge is 0.275 e. The zero-order chi connectivity index (χ0) is 23.3. The van der Waals surface area contributed by atoms with E-state index in [0.29, 0.717) is 22.1 Å². The highest BCUT2D eigenvalue weighted by Crippen LogP contribution is 2.30. The molecule has 0 aliphatic rings. The van der Waals surface area contributed by atoms with Crippen molar-refractivity contribution >= 4 is 38.6 Å². The molecular weight excluding hydrogens is 450 g/mol. The van der Waals surface area contributed by atoms with Gasteiger partial charge in [-0.15, -0.1) is 11.3 Å². The Hall–Kier alpha value is -3.11. The molecule has 0 bridgehead atoms. The second-order valence-electron chi connectivity index (χ2n) is 7.10. The van der Waals surface area contributed by atoms with Crippen molar-refractivity contribution in [3.63, 3.8) is 0 Å². The van der Waals surface area contributed by atoms with E-state index in [1.165, 1.54) is 24.5 Å². The predicted octanol–water partition coefficient (Wildman–Crippen LogP) is 4.62. The number of aromatic nitrogens is 1. The van der Waals surface area contributed by atoms with Gasteiger partial charge >= 0.3 is 0 Å². The number of hydrogen-bond acceptors (Lipinski definition) is 7. The first-order valence-electron chi connectivity index (χ1n) is 9.93. The molecule has 32 heavy (non-hydrogen) atoms. The highest BCUT2D eigenvalue weighted by molar-refractivity contribution is 7.92. The van der Waals surface area contributed by atoms with E-state index >= 15 is 0 Å². The van der Waals surface area contributed by atoms with Crippen LogP contribution in [0.2, 0.25) is 0 Å². The lowest BCUT2D eigenvalue weighted by molar-refractivity contribution is 0.102. The van der Waals surface area contributed by atoms with Crippen LogP contribution in [-0.4, -0.2) is 38.3 Å². The van der Waals surface area contributed by atoms with Crippen LogP contribution in [-0.2, 0) is 10.0 Å². The van der Waals surface area contributed by atoms with E-state index in [1.54, 1.807) is 24.4 Å². The number of rotatable bonds is 9. The van der Waals surface area contributed by atoms with Gasteiger partial charge in [0.15, 0.2) is 0 Å². The van der Waals surface area contributed by atoms with Crippen molar-refractivity contribution in [1.29, 1.82) is 0 Å². The molecule has 0 atom stereocenters. The van der Waals surface area contributed by atoms with E-state index in [1.807, 2.05) is 38.1 Å². The number of benzene rings is 2. The second kappa shape index (κ2) is 10.0. The number of methoxy groups -OCH3 is 1. The summed E-state index contributed by atoms with van der Waals surface area (Å²) in [5, 5.41) is 5.16. The molecule has 0 saturated heterocycles. The van der Waals surface area contributed by atoms with Crippen LogP contribution in [0.1, 0.15) is 31.3 Å². The zero-order valence-corrected chi connectivity index (χ0v) is 19.8. The summed E-state index contributed by atoms with van der Waals surface area (Å²) in [6.07, 6.45) is 0.0931. The van der Waals surface area contributed by atoms with E-state index in [2.05, 4.69) is 15.0 Å². The van der Waals surface area contributed by atoms with E-state index in [9.17, 15) is 13.2 Å². The number of carbonyl (C=O) groups excluding carboxylic acids is 1. The minimum Gasteiger partial charge on any atom is -0.494 e. The molecule has 0 saturated carbocycles. The monoisotopic (exact) mass is 475 g/mol. The molecule has 1 amide bonds. The van der Waals surface area contributed by atoms with Crippen molar-refractivity contribution < 1.29 is 22.7 Å². The lowest BCUT2D eigenvalue weighted by atomic mass is 10.2. The van der Waals surface area contributed by atoms with Crippen LogP contribution in [0.3, 0.4) is 0 Å². The van der Waals surface area contributed by atoms with Crippen molar-refractivity contribution in [3.05, 3.63) is 53.5 Å². The van der Waals surface area contributed by atoms with Gasteiger partial charge in [-0.3, -0.25) is 9.52 Å². The lowest BCUT2D eigenvalue weighted by Gasteiger charge is -2.12. The summed E-state index contributed by atoms with van der Waals surface area (Å²) in [6, 6.07) is 12.2. The average Bonchev–Trinajstić information content (AvgIpc) is 3.25. The third kappa shape index (κ3) is 5.98. The number of amides is 1. The molecule has 0 aliphatic heterocycles. The first-order valence-corrected chi connectivity index (χ1v) is 12.5. The fourth-order valence-electron chi connectivity index (χ4n) is 2.75. The van der Waals surface area contributed by atoms with Crippen molar-refractivity contribution in [2.24, 2.45) is 0 Å². The predicted molar refractivity (Wildman–Crippen MR) is 127 cm³/mol. The van der Waals surface area contributed by atoms with Gasteiger partial charge in [0.2, 0.25) is 10.0 Å². The van der Waals surface area contributed by atoms with Gasteiger partial charge in [-0.25, -0.2) is 13.4 Å². The van der Waals surface area contributed by atoms with Crippen molar-refractivity contribution in [1.82, 2.24) is 4.98 Å². The molecule has 0 aliphatic carbocycles. The standard InChI is InChI=1S/C22H25N3O5S2/c1-5-32(27,28)25-18-11-8-16(12-20(18)29-4)23-21(26)19-13-31-22(24-19)15-6-9-17(10-7-15)30-14(2)3/h6-14,25H,5H2,1-4H3,(H,23,26). The number of thiazole rings is 1. The molecule has 10 heteroatoms. The normalized spacial score (nSPS) is 11.3. The molecule has 0 fully saturated rings. The number of hydrogen-bond donors (Lipinski definition) is 2. The third-order valence-electron chi connectivity index (χ3n) is 4.31. The summed E-state index contributed by atoms with van der Waals surface area (Å²) >= 11 is 1.37. The highest BCUT2D eigenvalue weighted by atomic mass is 32.2. The summed E-state index contributed by atoms with van der Waals surface area (Å²) in [6.45, 7) is 5.47. The summed E-state index contributed by atoms with van der Waals surface area (Å²) in [5.41, 5.74) is 1.92. The second-order valence-corrected chi connectivity index (χ2v) is 9.97. The van der Waals surface area contributed by atoms with Gasteiger partial charge in [0.1, 0.15) is 22.2 Å². The highest BCUT2D eigenvalue weighted by Gasteiger charge is 2.15. The van der Waals surface area contributed by atoms with Crippen LogP contribution in [0.5, 0.6) is 11.5 Å². The summed E-state index contributed by atoms with van der Waals surface area (Å²) in [5.74, 6) is 0.629. The summed E-state index contributed by atoms with van der Waals surface area (Å²) < 4.78 is 37.0. The third-order valence-corrected chi connectivity index (χ3v) is 6.50. The summed E-state index contributed by atoms with van der Waals surface area (Å²) in [4.78, 5) is 17.1. The molecule has 1 aromatic heterocycles. The molecule has 8 nitrogen and oxygen atoms in total. The SMILES string of the molecule is CCS(=O)(=O)Nc1ccc(NC(=O)c2csc(-c3ccc(OC(C)C)cc3)n2)cc1OC. The van der Waals surface area contributed by atoms with Crippen LogP contribution in [0.4, 0.5) is 11.4 Å². The van der Waals surface area contributed by atoms with Crippen LogP contribution in [0.25, 0.3) is 10.6 Å². The molecule has 0 unspecified atom stereocenters. The Morgan fingerprint density at radius 2 is 1.88 bits per heavy atom. The molecule has 3 rings (SSSR count). The van der Waals surface area contributed by atoms with E-state index in [4.69, 9.17) is 9.47 Å². The van der Waals surface area contributed by atoms with Gasteiger partial charge < -0.3 is 14.8 Å². The number of carbonyl (C=O) groups is 1. The maximum Gasteiger partial charge on any atom is 0.275 e. The van der Waals surface area contributed by atoms with E-state index < -0.39 is 10.0 Å². The van der Waals surface area contributed by atoms with Gasteiger partial charge in [0.25, 0.3) is 5.91 Å². The first-order chi connectivity index (χ1) is 15.2. The van der Waals surface area contributed by atoms with Crippen molar-refractivity contribution in [2.75, 3.05) is 22.9 Å². The number of nitrogens with one attached hydrogen (secondary N) is 2. The fraction of sp³-hybridized carbons (Fsp3) is 0.273. The Morgan fingerprint density at radius 3 is 2.50 bits per heavy atom. The number of nitrogens with zero attached hydrogens (tertiary/aromatic N) is 1. The van der Waals surface area contributed by atoms with Gasteiger partial charge in [-0.2, -0.15) is 0 Å². The minimum atomic E-state index is -3.45. The molecule has 170 valence electrons. The molecule has 2 N–H and O–H groups in total. The van der Waals surface area contributed by atoms with Crippen LogP contribution in [0, 0.1) is 0 Å². The van der Waals surface area contributed by atoms with Crippen LogP contribution in [0.15, 0.2) is 47.8 Å². The molecule has 1 heterocycles. The Balaban J connectivity index is 1.72. The largest absolute Gasteiger partial charge is 0.494 e. The van der Waals surface area contributed by atoms with Crippen molar-refractivity contribution in [2.45, 2.75) is 26.9 Å². The van der Waals surface area contributed by atoms with E-state index in [-0.39, 0.29) is 23.5 Å². The Kier molecular flexibility index (Phi) is 7.37. The number of anilines is 2. The number of sulfonamides is 1. The average molecular weight is 476 g/mol. The lowest BCUT2D eigenvalue weighted by Crippen LogP contribution is -2.16. The van der Waals surface area contributed by atoms with Gasteiger partial charge in [-0.05, 0) is 57.2 Å². The van der Waals surface area contributed by atoms with Crippen LogP contribution >= 0.6 is 11.3 Å². The molecule has 2 aromatic carbocycles. The minimum absolute atomic E-state index is 0.0612. The van der Waals surface area contributed by atoms with Gasteiger partial charge in [0.05, 0.1) is 24.7 Å². The topological polar surface area (TPSA) is 107 Å². The molecular formula is C22H25N3O5S2. The number of ether oxygens (including phenoxy) is 2. The Bertz CT molecular complexity index is 1190. The molecule has 3 aromatic rings. The maximum absolute atomic E-state index is 12.7. The van der Waals surface area contributed by atoms with Crippen LogP contribution < -0.4 is 19.5 Å². The molecule has 0 radical (unpaired) electrons. The molecule has 0 spiro atoms. The maximum atomic E-state index is 12.7. The van der Waals surface area contributed by atoms with Gasteiger partial charge in [0, 0.05) is 22.7 Å². The Morgan fingerprint density at radius 1 is 1.16 bits per heavy atom.